The molecule has 11 nitrogen and oxygen atoms in total. The number of ether oxygens (including phenoxy) is 1. The number of fused-ring (bicyclic) bond motifs is 1. The summed E-state index contributed by atoms with van der Waals surface area (Å²) in [4.78, 5) is 50.6. The maximum atomic E-state index is 13.0. The van der Waals surface area contributed by atoms with Crippen LogP contribution in [0, 0.1) is 17.2 Å². The molecule has 11 heteroatoms. The molecule has 0 saturated carbocycles. The van der Waals surface area contributed by atoms with Gasteiger partial charge in [-0.3, -0.25) is 14.2 Å². The van der Waals surface area contributed by atoms with Gasteiger partial charge < -0.3 is 19.4 Å². The highest BCUT2D eigenvalue weighted by Gasteiger charge is 2.33. The Labute approximate surface area is 198 Å². The topological polar surface area (TPSA) is 125 Å². The van der Waals surface area contributed by atoms with E-state index in [9.17, 15) is 14.4 Å². The normalized spacial score (nSPS) is 17.8. The summed E-state index contributed by atoms with van der Waals surface area (Å²) in [5.74, 6) is 0.506. The first-order valence-corrected chi connectivity index (χ1v) is 11.4. The Morgan fingerprint density at radius 1 is 1.29 bits per heavy atom. The van der Waals surface area contributed by atoms with Crippen LogP contribution in [-0.2, 0) is 14.3 Å². The van der Waals surface area contributed by atoms with Gasteiger partial charge in [-0.05, 0) is 18.4 Å². The van der Waals surface area contributed by atoms with Gasteiger partial charge in [-0.1, -0.05) is 13.8 Å². The first-order valence-electron chi connectivity index (χ1n) is 11.4. The highest BCUT2D eigenvalue weighted by Crippen LogP contribution is 2.29. The lowest BCUT2D eigenvalue weighted by Crippen LogP contribution is -2.52. The van der Waals surface area contributed by atoms with E-state index in [1.165, 1.54) is 15.8 Å². The molecule has 2 aromatic heterocycles. The van der Waals surface area contributed by atoms with E-state index in [4.69, 9.17) is 10.00 Å². The summed E-state index contributed by atoms with van der Waals surface area (Å²) in [6, 6.07) is 3.44. The van der Waals surface area contributed by atoms with Crippen LogP contribution < -0.4 is 4.90 Å². The zero-order chi connectivity index (χ0) is 24.8. The molecule has 2 atom stereocenters. The number of esters is 1. The second-order valence-corrected chi connectivity index (χ2v) is 8.52. The van der Waals surface area contributed by atoms with Crippen molar-refractivity contribution in [3.63, 3.8) is 0 Å². The lowest BCUT2D eigenvalue weighted by Gasteiger charge is -2.42. The van der Waals surface area contributed by atoms with Crippen LogP contribution in [0.25, 0.3) is 11.0 Å². The van der Waals surface area contributed by atoms with E-state index in [0.29, 0.717) is 30.5 Å². The minimum Gasteiger partial charge on any atom is -0.464 e. The lowest BCUT2D eigenvalue weighted by molar-refractivity contribution is -0.143. The quantitative estimate of drug-likeness (QED) is 0.563. The number of anilines is 1. The molecule has 1 aliphatic rings. The zero-order valence-electron chi connectivity index (χ0n) is 20.1. The number of carbonyl (C=O) groups excluding carboxylic acids is 3. The summed E-state index contributed by atoms with van der Waals surface area (Å²) in [6.45, 7) is 5.37. The van der Waals surface area contributed by atoms with Gasteiger partial charge in [-0.2, -0.15) is 5.26 Å². The number of hydrogen-bond acceptors (Lipinski definition) is 8. The molecule has 0 radical (unpaired) electrons. The van der Waals surface area contributed by atoms with Gasteiger partial charge in [0, 0.05) is 39.8 Å². The third-order valence-electron chi connectivity index (χ3n) is 6.30. The number of carbonyl (C=O) groups is 3. The van der Waals surface area contributed by atoms with E-state index >= 15 is 0 Å². The average molecular weight is 470 g/mol. The molecular weight excluding hydrogens is 438 g/mol. The highest BCUT2D eigenvalue weighted by molar-refractivity contribution is 5.94. The third-order valence-corrected chi connectivity index (χ3v) is 6.30. The average Bonchev–Trinajstić information content (AvgIpc) is 3.27. The van der Waals surface area contributed by atoms with Gasteiger partial charge in [0.15, 0.2) is 5.65 Å². The van der Waals surface area contributed by atoms with Crippen LogP contribution in [0.4, 0.5) is 10.6 Å². The Morgan fingerprint density at radius 3 is 2.76 bits per heavy atom. The minimum atomic E-state index is -0.308. The summed E-state index contributed by atoms with van der Waals surface area (Å²) < 4.78 is 6.51. The number of nitrogens with zero attached hydrogens (tertiary/aromatic N) is 7. The summed E-state index contributed by atoms with van der Waals surface area (Å²) >= 11 is 0. The fraction of sp³-hybridized carbons (Fsp3) is 0.565. The molecule has 0 spiro atoms. The molecule has 1 saturated heterocycles. The predicted molar refractivity (Wildman–Crippen MR) is 125 cm³/mol. The van der Waals surface area contributed by atoms with Gasteiger partial charge in [0.05, 0.1) is 24.0 Å². The Bertz CT molecular complexity index is 1090. The van der Waals surface area contributed by atoms with Crippen molar-refractivity contribution in [1.82, 2.24) is 24.3 Å². The lowest BCUT2D eigenvalue weighted by atomic mass is 9.92. The van der Waals surface area contributed by atoms with Crippen LogP contribution in [0.5, 0.6) is 0 Å². The van der Waals surface area contributed by atoms with Gasteiger partial charge in [0.25, 0.3) is 0 Å². The van der Waals surface area contributed by atoms with Crippen molar-refractivity contribution >= 4 is 34.8 Å². The first-order chi connectivity index (χ1) is 16.3. The Balaban J connectivity index is 1.79. The SMILES string of the molecule is CCC(=O)OCCN(C)C(=O)n1ccc2c(N(C)[C@H]3CN(C(=O)CC#N)CC[C@H]3C)ncnc21. The predicted octanol–water partition coefficient (Wildman–Crippen LogP) is 1.87. The molecule has 182 valence electrons. The number of piperidine rings is 1. The van der Waals surface area contributed by atoms with E-state index in [1.807, 2.05) is 18.0 Å². The number of hydrogen-bond donors (Lipinski definition) is 0. The van der Waals surface area contributed by atoms with Crippen molar-refractivity contribution in [2.24, 2.45) is 5.92 Å². The first kappa shape index (κ1) is 25.0. The molecule has 1 fully saturated rings. The van der Waals surface area contributed by atoms with E-state index in [2.05, 4.69) is 16.9 Å². The number of amides is 2. The number of likely N-dealkylation sites (N-methyl/N-ethyl adjacent to an activating group) is 2. The fourth-order valence-electron chi connectivity index (χ4n) is 4.17. The molecule has 3 rings (SSSR count). The molecule has 0 aromatic carbocycles. The molecule has 0 N–H and O–H groups in total. The maximum Gasteiger partial charge on any atom is 0.329 e. The number of aromatic nitrogens is 3. The van der Waals surface area contributed by atoms with E-state index < -0.39 is 0 Å². The fourth-order valence-corrected chi connectivity index (χ4v) is 4.17. The molecule has 0 bridgehead atoms. The van der Waals surface area contributed by atoms with Crippen molar-refractivity contribution in [1.29, 1.82) is 5.26 Å². The van der Waals surface area contributed by atoms with Crippen LogP contribution in [0.1, 0.15) is 33.1 Å². The molecule has 34 heavy (non-hydrogen) atoms. The van der Waals surface area contributed by atoms with Crippen LogP contribution in [0.3, 0.4) is 0 Å². The third kappa shape index (κ3) is 5.27. The van der Waals surface area contributed by atoms with Crippen LogP contribution >= 0.6 is 0 Å². The molecular formula is C23H31N7O4. The second kappa shape index (κ2) is 11.0. The smallest absolute Gasteiger partial charge is 0.329 e. The molecule has 0 unspecified atom stereocenters. The minimum absolute atomic E-state index is 0.00414. The summed E-state index contributed by atoms with van der Waals surface area (Å²) in [5, 5.41) is 9.60. The van der Waals surface area contributed by atoms with Crippen molar-refractivity contribution in [2.45, 2.75) is 39.2 Å². The van der Waals surface area contributed by atoms with Crippen molar-refractivity contribution in [3.05, 3.63) is 18.6 Å². The Kier molecular flexibility index (Phi) is 8.04. The van der Waals surface area contributed by atoms with Crippen LogP contribution in [0.15, 0.2) is 18.6 Å². The molecule has 0 aliphatic carbocycles. The van der Waals surface area contributed by atoms with Gasteiger partial charge in [0.2, 0.25) is 5.91 Å². The standard InChI is InChI=1S/C23H31N7O4/c1-5-20(32)34-13-12-27(3)23(33)30-11-8-17-21(25-15-26-22(17)30)28(4)18-14-29(10-7-16(18)2)19(31)6-9-24/h8,11,15-16,18H,5-7,10,12-14H2,1-4H3/t16-,18+/m1/s1. The summed E-state index contributed by atoms with van der Waals surface area (Å²) in [7, 11) is 3.56. The van der Waals surface area contributed by atoms with E-state index in [-0.39, 0.29) is 49.9 Å². The number of likely N-dealkylation sites (tertiary alicyclic amines) is 1. The molecule has 1 aliphatic heterocycles. The van der Waals surface area contributed by atoms with E-state index in [1.54, 1.807) is 31.1 Å². The van der Waals surface area contributed by atoms with Crippen molar-refractivity contribution < 1.29 is 19.1 Å². The summed E-state index contributed by atoms with van der Waals surface area (Å²) in [6.07, 6.45) is 4.07. The van der Waals surface area contributed by atoms with Crippen molar-refractivity contribution in [2.75, 3.05) is 45.2 Å². The van der Waals surface area contributed by atoms with Gasteiger partial charge in [-0.15, -0.1) is 0 Å². The van der Waals surface area contributed by atoms with Gasteiger partial charge in [-0.25, -0.2) is 14.8 Å². The number of rotatable bonds is 7. The van der Waals surface area contributed by atoms with E-state index in [0.717, 1.165) is 11.8 Å². The van der Waals surface area contributed by atoms with Gasteiger partial charge in [0.1, 0.15) is 25.2 Å². The monoisotopic (exact) mass is 469 g/mol. The molecule has 2 aromatic rings. The summed E-state index contributed by atoms with van der Waals surface area (Å²) in [5.41, 5.74) is 0.472. The zero-order valence-corrected chi connectivity index (χ0v) is 20.1. The Hall–Kier alpha value is -3.68. The molecule has 3 heterocycles. The largest absolute Gasteiger partial charge is 0.464 e. The van der Waals surface area contributed by atoms with Crippen LogP contribution in [0.2, 0.25) is 0 Å². The molecule has 2 amide bonds. The Morgan fingerprint density at radius 2 is 2.06 bits per heavy atom. The van der Waals surface area contributed by atoms with Crippen molar-refractivity contribution in [3.8, 4) is 6.07 Å². The highest BCUT2D eigenvalue weighted by atomic mass is 16.5. The van der Waals surface area contributed by atoms with Gasteiger partial charge >= 0.3 is 12.0 Å². The second-order valence-electron chi connectivity index (χ2n) is 8.52. The van der Waals surface area contributed by atoms with Crippen LogP contribution in [-0.4, -0.2) is 88.6 Å². The number of nitriles is 1. The maximum absolute atomic E-state index is 13.0.